The molecule has 1 aromatic carbocycles. The van der Waals surface area contributed by atoms with Crippen molar-refractivity contribution in [2.45, 2.75) is 19.0 Å². The number of nitrogens with one attached hydrogen (secondary N) is 1. The summed E-state index contributed by atoms with van der Waals surface area (Å²) in [7, 11) is 0. The van der Waals surface area contributed by atoms with Crippen LogP contribution in [-0.2, 0) is 11.0 Å². The number of hydrogen-bond acceptors (Lipinski definition) is 3. The largest absolute Gasteiger partial charge is 0.472 e. The quantitative estimate of drug-likeness (QED) is 0.899. The Morgan fingerprint density at radius 3 is 2.73 bits per heavy atom. The fourth-order valence-corrected chi connectivity index (χ4v) is 2.96. The van der Waals surface area contributed by atoms with Crippen LogP contribution in [-0.4, -0.2) is 29.8 Å². The normalized spacial score (nSPS) is 17.8. The molecule has 3 rings (SSSR count). The number of anilines is 1. The first-order valence-electron chi connectivity index (χ1n) is 8.14. The minimum absolute atomic E-state index is 0.0862. The van der Waals surface area contributed by atoms with Gasteiger partial charge >= 0.3 is 6.18 Å². The zero-order chi connectivity index (χ0) is 18.7. The summed E-state index contributed by atoms with van der Waals surface area (Å²) in [6.45, 7) is 0.742. The van der Waals surface area contributed by atoms with Gasteiger partial charge in [-0.25, -0.2) is 0 Å². The van der Waals surface area contributed by atoms with Gasteiger partial charge < -0.3 is 14.6 Å². The van der Waals surface area contributed by atoms with Gasteiger partial charge in [-0.2, -0.15) is 13.2 Å². The Morgan fingerprint density at radius 1 is 1.23 bits per heavy atom. The summed E-state index contributed by atoms with van der Waals surface area (Å²) in [6, 6.07) is 6.05. The van der Waals surface area contributed by atoms with E-state index < -0.39 is 23.6 Å². The van der Waals surface area contributed by atoms with Crippen molar-refractivity contribution in [3.05, 3.63) is 54.0 Å². The van der Waals surface area contributed by atoms with Crippen molar-refractivity contribution >= 4 is 17.5 Å². The molecule has 1 N–H and O–H groups in total. The van der Waals surface area contributed by atoms with Gasteiger partial charge in [0.05, 0.1) is 23.3 Å². The van der Waals surface area contributed by atoms with Gasteiger partial charge in [0.1, 0.15) is 6.26 Å². The first kappa shape index (κ1) is 18.0. The lowest BCUT2D eigenvalue weighted by Crippen LogP contribution is -2.43. The second-order valence-electron chi connectivity index (χ2n) is 6.17. The average Bonchev–Trinajstić information content (AvgIpc) is 3.15. The number of hydrogen-bond donors (Lipinski definition) is 1. The third-order valence-corrected chi connectivity index (χ3v) is 4.30. The van der Waals surface area contributed by atoms with E-state index in [2.05, 4.69) is 5.32 Å². The number of likely N-dealkylation sites (tertiary alicyclic amines) is 1. The Balaban J connectivity index is 1.65. The van der Waals surface area contributed by atoms with E-state index in [4.69, 9.17) is 4.42 Å². The van der Waals surface area contributed by atoms with Crippen molar-refractivity contribution in [1.29, 1.82) is 0 Å². The van der Waals surface area contributed by atoms with Crippen molar-refractivity contribution < 1.29 is 27.2 Å². The maximum Gasteiger partial charge on any atom is 0.416 e. The minimum Gasteiger partial charge on any atom is -0.472 e. The summed E-state index contributed by atoms with van der Waals surface area (Å²) in [5, 5.41) is 2.52. The molecule has 2 amide bonds. The number of furan rings is 1. The van der Waals surface area contributed by atoms with E-state index in [1.54, 1.807) is 11.0 Å². The molecule has 1 aliphatic rings. The van der Waals surface area contributed by atoms with Gasteiger partial charge in [-0.05, 0) is 37.1 Å². The molecule has 0 unspecified atom stereocenters. The fraction of sp³-hybridized carbons (Fsp3) is 0.333. The molecule has 1 atom stereocenters. The van der Waals surface area contributed by atoms with Crippen molar-refractivity contribution in [3.63, 3.8) is 0 Å². The zero-order valence-corrected chi connectivity index (χ0v) is 13.8. The second-order valence-corrected chi connectivity index (χ2v) is 6.17. The number of benzene rings is 1. The van der Waals surface area contributed by atoms with Crippen molar-refractivity contribution in [1.82, 2.24) is 4.90 Å². The molecule has 0 bridgehead atoms. The van der Waals surface area contributed by atoms with Crippen molar-refractivity contribution in [2.75, 3.05) is 18.4 Å². The second kappa shape index (κ2) is 7.23. The first-order valence-corrected chi connectivity index (χ1v) is 8.14. The molecule has 1 saturated heterocycles. The summed E-state index contributed by atoms with van der Waals surface area (Å²) >= 11 is 0. The lowest BCUT2D eigenvalue weighted by molar-refractivity contribution is -0.137. The van der Waals surface area contributed by atoms with E-state index in [1.807, 2.05) is 0 Å². The molecule has 5 nitrogen and oxygen atoms in total. The molecule has 2 aromatic rings. The molecule has 0 spiro atoms. The van der Waals surface area contributed by atoms with Crippen LogP contribution in [0.3, 0.4) is 0 Å². The molecule has 0 aliphatic carbocycles. The number of carbonyl (C=O) groups is 2. The number of piperidine rings is 1. The smallest absolute Gasteiger partial charge is 0.416 e. The maximum atomic E-state index is 12.8. The Labute approximate surface area is 147 Å². The highest BCUT2D eigenvalue weighted by atomic mass is 19.4. The van der Waals surface area contributed by atoms with Gasteiger partial charge in [0.2, 0.25) is 5.91 Å². The van der Waals surface area contributed by atoms with Gasteiger partial charge in [0, 0.05) is 18.8 Å². The van der Waals surface area contributed by atoms with E-state index in [-0.39, 0.29) is 18.1 Å². The monoisotopic (exact) mass is 366 g/mol. The number of halogens is 3. The van der Waals surface area contributed by atoms with E-state index >= 15 is 0 Å². The predicted octanol–water partition coefficient (Wildman–Crippen LogP) is 3.79. The van der Waals surface area contributed by atoms with Crippen LogP contribution < -0.4 is 5.32 Å². The number of rotatable bonds is 3. The van der Waals surface area contributed by atoms with Crippen LogP contribution in [0.15, 0.2) is 47.3 Å². The van der Waals surface area contributed by atoms with E-state index in [0.717, 1.165) is 12.1 Å². The minimum atomic E-state index is -4.47. The standard InChI is InChI=1S/C18H17F3N2O3/c19-18(20,21)14-4-1-5-15(9-14)22-16(24)12-3-2-7-23(10-12)17(25)13-6-8-26-11-13/h1,4-6,8-9,11-12H,2-3,7,10H2,(H,22,24)/t12-/m0/s1. The summed E-state index contributed by atoms with van der Waals surface area (Å²) in [4.78, 5) is 26.3. The van der Waals surface area contributed by atoms with Gasteiger partial charge in [-0.1, -0.05) is 6.07 Å². The highest BCUT2D eigenvalue weighted by Gasteiger charge is 2.32. The van der Waals surface area contributed by atoms with Crippen molar-refractivity contribution in [2.24, 2.45) is 5.92 Å². The lowest BCUT2D eigenvalue weighted by Gasteiger charge is -2.31. The third kappa shape index (κ3) is 4.07. The Kier molecular flexibility index (Phi) is 5.01. The topological polar surface area (TPSA) is 62.6 Å². The molecule has 0 radical (unpaired) electrons. The van der Waals surface area contributed by atoms with E-state index in [1.165, 1.54) is 24.7 Å². The summed E-state index contributed by atoms with van der Waals surface area (Å²) in [5.41, 5.74) is -0.331. The number of alkyl halides is 3. The van der Waals surface area contributed by atoms with Gasteiger partial charge in [-0.3, -0.25) is 9.59 Å². The third-order valence-electron chi connectivity index (χ3n) is 4.30. The van der Waals surface area contributed by atoms with Crippen molar-refractivity contribution in [3.8, 4) is 0 Å². The molecule has 0 saturated carbocycles. The highest BCUT2D eigenvalue weighted by Crippen LogP contribution is 2.31. The van der Waals surface area contributed by atoms with E-state index in [0.29, 0.717) is 24.9 Å². The molecule has 8 heteroatoms. The Bertz CT molecular complexity index is 787. The molecule has 1 aromatic heterocycles. The van der Waals surface area contributed by atoms with Crippen LogP contribution in [0.4, 0.5) is 18.9 Å². The van der Waals surface area contributed by atoms with Crippen LogP contribution >= 0.6 is 0 Å². The van der Waals surface area contributed by atoms with Crippen LogP contribution in [0.2, 0.25) is 0 Å². The molecular weight excluding hydrogens is 349 g/mol. The maximum absolute atomic E-state index is 12.8. The van der Waals surface area contributed by atoms with Crippen LogP contribution in [0.5, 0.6) is 0 Å². The molecule has 138 valence electrons. The van der Waals surface area contributed by atoms with Crippen LogP contribution in [0.1, 0.15) is 28.8 Å². The molecular formula is C18H17F3N2O3. The number of amides is 2. The Morgan fingerprint density at radius 2 is 2.04 bits per heavy atom. The van der Waals surface area contributed by atoms with Crippen LogP contribution in [0.25, 0.3) is 0 Å². The van der Waals surface area contributed by atoms with Gasteiger partial charge in [-0.15, -0.1) is 0 Å². The first-order chi connectivity index (χ1) is 12.3. The number of carbonyl (C=O) groups excluding carboxylic acids is 2. The summed E-state index contributed by atoms with van der Waals surface area (Å²) in [6.07, 6.45) is -0.521. The summed E-state index contributed by atoms with van der Waals surface area (Å²) < 4.78 is 43.2. The SMILES string of the molecule is O=C(Nc1cccc(C(F)(F)F)c1)[C@H]1CCCN(C(=O)c2ccoc2)C1. The average molecular weight is 366 g/mol. The van der Waals surface area contributed by atoms with Crippen LogP contribution in [0, 0.1) is 5.92 Å². The van der Waals surface area contributed by atoms with E-state index in [9.17, 15) is 22.8 Å². The molecule has 2 heterocycles. The molecule has 1 fully saturated rings. The fourth-order valence-electron chi connectivity index (χ4n) is 2.96. The highest BCUT2D eigenvalue weighted by molar-refractivity contribution is 5.96. The number of nitrogens with zero attached hydrogens (tertiary/aromatic N) is 1. The van der Waals surface area contributed by atoms with Gasteiger partial charge in [0.15, 0.2) is 0 Å². The zero-order valence-electron chi connectivity index (χ0n) is 13.8. The lowest BCUT2D eigenvalue weighted by atomic mass is 9.96. The molecule has 1 aliphatic heterocycles. The van der Waals surface area contributed by atoms with Gasteiger partial charge in [0.25, 0.3) is 5.91 Å². The molecule has 26 heavy (non-hydrogen) atoms. The predicted molar refractivity (Wildman–Crippen MR) is 87.4 cm³/mol. The summed E-state index contributed by atoms with van der Waals surface area (Å²) in [5.74, 6) is -1.10. The Hall–Kier alpha value is -2.77.